The summed E-state index contributed by atoms with van der Waals surface area (Å²) in [5, 5.41) is 3.95. The minimum absolute atomic E-state index is 0.177. The SMILES string of the molecule is COc1cc(/C=N/NC(=O)COc2ccccc2OC)ccc1OCCC(C)C. The van der Waals surface area contributed by atoms with Gasteiger partial charge in [-0.15, -0.1) is 0 Å². The summed E-state index contributed by atoms with van der Waals surface area (Å²) in [6, 6.07) is 12.6. The number of rotatable bonds is 11. The Balaban J connectivity index is 1.86. The standard InChI is InChI=1S/C22H28N2O5/c1-16(2)11-12-28-20-10-9-17(13-21(20)27-4)14-23-24-22(25)15-29-19-8-6-5-7-18(19)26-3/h5-10,13-14,16H,11-12,15H2,1-4H3,(H,24,25)/b23-14+. The van der Waals surface area contributed by atoms with Crippen LogP contribution in [0.25, 0.3) is 0 Å². The molecule has 0 aliphatic heterocycles. The van der Waals surface area contributed by atoms with Gasteiger partial charge in [0, 0.05) is 0 Å². The molecule has 0 aliphatic carbocycles. The lowest BCUT2D eigenvalue weighted by Gasteiger charge is -2.12. The van der Waals surface area contributed by atoms with Crippen LogP contribution in [0.3, 0.4) is 0 Å². The predicted molar refractivity (Wildman–Crippen MR) is 112 cm³/mol. The number of methoxy groups -OCH3 is 2. The van der Waals surface area contributed by atoms with E-state index >= 15 is 0 Å². The molecule has 0 saturated carbocycles. The van der Waals surface area contributed by atoms with Crippen molar-refractivity contribution in [1.29, 1.82) is 0 Å². The number of carbonyl (C=O) groups excluding carboxylic acids is 1. The van der Waals surface area contributed by atoms with Crippen molar-refractivity contribution in [3.05, 3.63) is 48.0 Å². The van der Waals surface area contributed by atoms with Gasteiger partial charge in [0.15, 0.2) is 29.6 Å². The second kappa shape index (κ2) is 11.6. The molecule has 2 aromatic rings. The second-order valence-corrected chi connectivity index (χ2v) is 6.67. The largest absolute Gasteiger partial charge is 0.493 e. The van der Waals surface area contributed by atoms with Crippen LogP contribution in [0.4, 0.5) is 0 Å². The monoisotopic (exact) mass is 400 g/mol. The lowest BCUT2D eigenvalue weighted by Crippen LogP contribution is -2.24. The molecule has 7 heteroatoms. The van der Waals surface area contributed by atoms with Crippen LogP contribution in [0.1, 0.15) is 25.8 Å². The Kier molecular flexibility index (Phi) is 8.82. The summed E-state index contributed by atoms with van der Waals surface area (Å²) in [7, 11) is 3.13. The zero-order valence-electron chi connectivity index (χ0n) is 17.3. The Labute approximate surface area is 171 Å². The predicted octanol–water partition coefficient (Wildman–Crippen LogP) is 3.66. The quantitative estimate of drug-likeness (QED) is 0.460. The average Bonchev–Trinajstić information content (AvgIpc) is 2.72. The van der Waals surface area contributed by atoms with Gasteiger partial charge in [-0.3, -0.25) is 4.79 Å². The van der Waals surface area contributed by atoms with Gasteiger partial charge in [0.1, 0.15) is 0 Å². The molecular weight excluding hydrogens is 372 g/mol. The Morgan fingerprint density at radius 3 is 2.38 bits per heavy atom. The van der Waals surface area contributed by atoms with Gasteiger partial charge in [0.25, 0.3) is 5.91 Å². The summed E-state index contributed by atoms with van der Waals surface area (Å²) in [5.41, 5.74) is 3.20. The van der Waals surface area contributed by atoms with Gasteiger partial charge in [0.2, 0.25) is 0 Å². The first-order valence-electron chi connectivity index (χ1n) is 9.42. The molecule has 1 amide bonds. The van der Waals surface area contributed by atoms with E-state index in [1.165, 1.54) is 6.21 Å². The number of hydrazone groups is 1. The summed E-state index contributed by atoms with van der Waals surface area (Å²) in [4.78, 5) is 11.9. The van der Waals surface area contributed by atoms with Gasteiger partial charge in [-0.2, -0.15) is 5.10 Å². The number of benzene rings is 2. The number of nitrogens with one attached hydrogen (secondary N) is 1. The number of ether oxygens (including phenoxy) is 4. The molecule has 0 bridgehead atoms. The molecule has 0 unspecified atom stereocenters. The molecule has 1 N–H and O–H groups in total. The molecule has 0 aliphatic rings. The van der Waals surface area contributed by atoms with E-state index < -0.39 is 0 Å². The first kappa shape index (κ1) is 22.1. The van der Waals surface area contributed by atoms with Gasteiger partial charge in [-0.1, -0.05) is 26.0 Å². The highest BCUT2D eigenvalue weighted by atomic mass is 16.5. The topological polar surface area (TPSA) is 78.4 Å². The molecule has 0 fully saturated rings. The highest BCUT2D eigenvalue weighted by Gasteiger charge is 2.07. The van der Waals surface area contributed by atoms with Crippen LogP contribution in [0.15, 0.2) is 47.6 Å². The van der Waals surface area contributed by atoms with E-state index in [4.69, 9.17) is 18.9 Å². The molecule has 0 radical (unpaired) electrons. The van der Waals surface area contributed by atoms with E-state index in [0.717, 1.165) is 12.0 Å². The highest BCUT2D eigenvalue weighted by Crippen LogP contribution is 2.28. The van der Waals surface area contributed by atoms with Crippen LogP contribution in [0.2, 0.25) is 0 Å². The maximum atomic E-state index is 11.9. The van der Waals surface area contributed by atoms with E-state index in [1.54, 1.807) is 38.5 Å². The number of carbonyl (C=O) groups is 1. The van der Waals surface area contributed by atoms with E-state index in [-0.39, 0.29) is 12.5 Å². The minimum Gasteiger partial charge on any atom is -0.493 e. The molecule has 2 aromatic carbocycles. The third-order valence-electron chi connectivity index (χ3n) is 3.97. The highest BCUT2D eigenvalue weighted by molar-refractivity contribution is 5.83. The van der Waals surface area contributed by atoms with Crippen LogP contribution >= 0.6 is 0 Å². The van der Waals surface area contributed by atoms with Crippen LogP contribution in [-0.4, -0.2) is 39.6 Å². The van der Waals surface area contributed by atoms with Crippen molar-refractivity contribution < 1.29 is 23.7 Å². The van der Waals surface area contributed by atoms with Crippen molar-refractivity contribution in [2.75, 3.05) is 27.4 Å². The van der Waals surface area contributed by atoms with E-state index in [9.17, 15) is 4.79 Å². The first-order chi connectivity index (χ1) is 14.0. The number of hydrogen-bond acceptors (Lipinski definition) is 6. The minimum atomic E-state index is -0.382. The molecule has 156 valence electrons. The molecule has 0 aromatic heterocycles. The first-order valence-corrected chi connectivity index (χ1v) is 9.42. The van der Waals surface area contributed by atoms with Crippen LogP contribution in [0, 0.1) is 5.92 Å². The molecule has 0 spiro atoms. The van der Waals surface area contributed by atoms with Crippen molar-refractivity contribution >= 4 is 12.1 Å². The molecule has 29 heavy (non-hydrogen) atoms. The van der Waals surface area contributed by atoms with Crippen molar-refractivity contribution in [3.8, 4) is 23.0 Å². The summed E-state index contributed by atoms with van der Waals surface area (Å²) >= 11 is 0. The van der Waals surface area contributed by atoms with Gasteiger partial charge in [0.05, 0.1) is 27.0 Å². The Morgan fingerprint density at radius 1 is 1.00 bits per heavy atom. The molecule has 0 atom stereocenters. The Hall–Kier alpha value is -3.22. The van der Waals surface area contributed by atoms with Crippen molar-refractivity contribution in [3.63, 3.8) is 0 Å². The summed E-state index contributed by atoms with van der Waals surface area (Å²) < 4.78 is 21.8. The van der Waals surface area contributed by atoms with Gasteiger partial charge in [-0.05, 0) is 48.2 Å². The van der Waals surface area contributed by atoms with Gasteiger partial charge < -0.3 is 18.9 Å². The maximum Gasteiger partial charge on any atom is 0.277 e. The van der Waals surface area contributed by atoms with Crippen LogP contribution in [0.5, 0.6) is 23.0 Å². The second-order valence-electron chi connectivity index (χ2n) is 6.67. The van der Waals surface area contributed by atoms with E-state index in [0.29, 0.717) is 35.5 Å². The summed E-state index contributed by atoms with van der Waals surface area (Å²) in [6.45, 7) is 4.75. The van der Waals surface area contributed by atoms with Gasteiger partial charge in [-0.25, -0.2) is 5.43 Å². The Bertz CT molecular complexity index is 821. The van der Waals surface area contributed by atoms with Crippen molar-refractivity contribution in [2.45, 2.75) is 20.3 Å². The van der Waals surface area contributed by atoms with Crippen LogP contribution in [-0.2, 0) is 4.79 Å². The Morgan fingerprint density at radius 2 is 1.69 bits per heavy atom. The fourth-order valence-electron chi connectivity index (χ4n) is 2.38. The number of amides is 1. The zero-order chi connectivity index (χ0) is 21.1. The van der Waals surface area contributed by atoms with Crippen molar-refractivity contribution in [2.24, 2.45) is 11.0 Å². The molecule has 0 heterocycles. The lowest BCUT2D eigenvalue weighted by molar-refractivity contribution is -0.123. The third-order valence-corrected chi connectivity index (χ3v) is 3.97. The molecular formula is C22H28N2O5. The number of para-hydroxylation sites is 2. The number of nitrogens with zero attached hydrogens (tertiary/aromatic N) is 1. The zero-order valence-corrected chi connectivity index (χ0v) is 17.3. The van der Waals surface area contributed by atoms with E-state index in [1.807, 2.05) is 18.2 Å². The molecule has 0 saturated heterocycles. The van der Waals surface area contributed by atoms with E-state index in [2.05, 4.69) is 24.4 Å². The fourth-order valence-corrected chi connectivity index (χ4v) is 2.38. The normalized spacial score (nSPS) is 10.8. The number of hydrogen-bond donors (Lipinski definition) is 1. The summed E-state index contributed by atoms with van der Waals surface area (Å²) in [5.74, 6) is 2.54. The average molecular weight is 400 g/mol. The van der Waals surface area contributed by atoms with Gasteiger partial charge >= 0.3 is 0 Å². The molecule has 2 rings (SSSR count). The van der Waals surface area contributed by atoms with Crippen LogP contribution < -0.4 is 24.4 Å². The smallest absolute Gasteiger partial charge is 0.277 e. The molecule has 7 nitrogen and oxygen atoms in total. The maximum absolute atomic E-state index is 11.9. The summed E-state index contributed by atoms with van der Waals surface area (Å²) in [6.07, 6.45) is 2.50. The lowest BCUT2D eigenvalue weighted by atomic mass is 10.1. The third kappa shape index (κ3) is 7.37. The van der Waals surface area contributed by atoms with Crippen molar-refractivity contribution in [1.82, 2.24) is 5.43 Å². The fraction of sp³-hybridized carbons (Fsp3) is 0.364.